The number of hydrogen-bond acceptors (Lipinski definition) is 1. The lowest BCUT2D eigenvalue weighted by Gasteiger charge is -2.37. The van der Waals surface area contributed by atoms with Crippen LogP contribution in [0.1, 0.15) is 73.5 Å². The van der Waals surface area contributed by atoms with E-state index in [-0.39, 0.29) is 0 Å². The maximum atomic E-state index is 2.44. The second kappa shape index (κ2) is 22.5. The highest BCUT2D eigenvalue weighted by Gasteiger charge is 2.40. The number of benzene rings is 12. The predicted octanol–water partition coefficient (Wildman–Crippen LogP) is 19.5. The summed E-state index contributed by atoms with van der Waals surface area (Å²) in [7, 11) is 2.23. The van der Waals surface area contributed by atoms with Gasteiger partial charge in [-0.3, -0.25) is 0 Å². The van der Waals surface area contributed by atoms with Crippen LogP contribution in [0.2, 0.25) is 0 Å². The Hall–Kier alpha value is -9.76. The Morgan fingerprint density at radius 1 is 0.309 bits per heavy atom. The summed E-state index contributed by atoms with van der Waals surface area (Å²) < 4.78 is 2.40. The van der Waals surface area contributed by atoms with Crippen molar-refractivity contribution in [3.63, 3.8) is 0 Å². The summed E-state index contributed by atoms with van der Waals surface area (Å²) in [6.45, 7) is 0. The molecular weight excluding hydrogens is 977 g/mol. The molecule has 0 N–H and O–H groups in total. The van der Waals surface area contributed by atoms with Crippen molar-refractivity contribution in [3.05, 3.63) is 389 Å². The fourth-order valence-corrected chi connectivity index (χ4v) is 13.2. The molecule has 13 rings (SSSR count). The number of fused-ring (bicyclic) bond motifs is 3. The van der Waals surface area contributed by atoms with Crippen molar-refractivity contribution in [1.29, 1.82) is 0 Å². The number of aryl methyl sites for hydroxylation is 2. The summed E-state index contributed by atoms with van der Waals surface area (Å²) >= 11 is 0. The van der Waals surface area contributed by atoms with Crippen molar-refractivity contribution >= 4 is 38.9 Å². The van der Waals surface area contributed by atoms with E-state index >= 15 is 0 Å². The van der Waals surface area contributed by atoms with E-state index in [1.165, 1.54) is 83.0 Å². The Labute approximate surface area is 477 Å². The summed E-state index contributed by atoms with van der Waals surface area (Å²) in [5.74, 6) is 0.342. The van der Waals surface area contributed by atoms with Crippen LogP contribution in [0.15, 0.2) is 328 Å². The third kappa shape index (κ3) is 9.53. The van der Waals surface area contributed by atoms with Crippen LogP contribution in [0.5, 0.6) is 0 Å². The van der Waals surface area contributed by atoms with Crippen LogP contribution in [-0.4, -0.2) is 4.57 Å². The van der Waals surface area contributed by atoms with Gasteiger partial charge in [0.25, 0.3) is 0 Å². The Kier molecular flexibility index (Phi) is 14.1. The number of rotatable bonds is 17. The third-order valence-corrected chi connectivity index (χ3v) is 17.0. The Balaban J connectivity index is 0.811. The van der Waals surface area contributed by atoms with E-state index < -0.39 is 10.8 Å². The zero-order valence-electron chi connectivity index (χ0n) is 45.8. The minimum absolute atomic E-state index is 0.342. The van der Waals surface area contributed by atoms with E-state index in [0.717, 1.165) is 36.3 Å². The van der Waals surface area contributed by atoms with E-state index in [2.05, 4.69) is 344 Å². The fourth-order valence-electron chi connectivity index (χ4n) is 13.2. The van der Waals surface area contributed by atoms with E-state index in [9.17, 15) is 0 Å². The molecule has 1 unspecified atom stereocenters. The molecule has 0 aliphatic heterocycles. The van der Waals surface area contributed by atoms with E-state index in [1.54, 1.807) is 0 Å². The number of hydrogen-bond donors (Lipinski definition) is 0. The largest absolute Gasteiger partial charge is 0.344 e. The Bertz CT molecular complexity index is 3950. The number of para-hydroxylation sites is 1. The van der Waals surface area contributed by atoms with Gasteiger partial charge in [0.1, 0.15) is 0 Å². The average Bonchev–Trinajstić information content (AvgIpc) is 3.91. The maximum Gasteiger partial charge on any atom is 0.0701 e. The standard InChI is InChI=1S/C79H64N2/c1-80-76-57-60(42-46-62(61-26-10-2-11-27-61)56-59-43-47-69(48-44-59)78(63-28-12-3-13-29-63,64-30-14-4-15-31-64)65-32-16-5-17-33-65)45-54-74(76)75-55-53-73(58-77(75)80)81(71-40-24-9-25-41-71)72-51-49-70(50-52-72)79(66-34-18-6-19-35-66,67-36-20-7-21-37-67)68-38-22-8-23-39-68/h2-41,43-45,47-55,57-58,62H,42,46,56H2,1H3. The Morgan fingerprint density at radius 3 is 1.06 bits per heavy atom. The van der Waals surface area contributed by atoms with Crippen molar-refractivity contribution < 1.29 is 0 Å². The van der Waals surface area contributed by atoms with Crippen LogP contribution in [0, 0.1) is 0 Å². The van der Waals surface area contributed by atoms with Gasteiger partial charge in [0.05, 0.1) is 16.3 Å². The van der Waals surface area contributed by atoms with Crippen LogP contribution in [-0.2, 0) is 30.7 Å². The molecule has 0 fully saturated rings. The molecule has 1 aromatic heterocycles. The summed E-state index contributed by atoms with van der Waals surface area (Å²) in [4.78, 5) is 2.39. The first-order valence-electron chi connectivity index (χ1n) is 28.5. The van der Waals surface area contributed by atoms with Crippen LogP contribution in [0.25, 0.3) is 21.8 Å². The van der Waals surface area contributed by atoms with Gasteiger partial charge in [-0.1, -0.05) is 285 Å². The van der Waals surface area contributed by atoms with Gasteiger partial charge >= 0.3 is 0 Å². The van der Waals surface area contributed by atoms with Crippen molar-refractivity contribution in [2.24, 2.45) is 7.05 Å². The molecule has 0 aliphatic carbocycles. The van der Waals surface area contributed by atoms with Gasteiger partial charge in [-0.2, -0.15) is 0 Å². The lowest BCUT2D eigenvalue weighted by atomic mass is 9.65. The lowest BCUT2D eigenvalue weighted by molar-refractivity contribution is 0.621. The topological polar surface area (TPSA) is 8.17 Å². The molecule has 0 bridgehead atoms. The summed E-state index contributed by atoms with van der Waals surface area (Å²) in [5, 5.41) is 2.53. The van der Waals surface area contributed by atoms with Gasteiger partial charge < -0.3 is 9.47 Å². The smallest absolute Gasteiger partial charge is 0.0701 e. The van der Waals surface area contributed by atoms with Gasteiger partial charge in [0.15, 0.2) is 0 Å². The quantitative estimate of drug-likeness (QED) is 0.0825. The van der Waals surface area contributed by atoms with Gasteiger partial charge in [-0.25, -0.2) is 0 Å². The summed E-state index contributed by atoms with van der Waals surface area (Å²) in [5.41, 5.74) is 18.8. The molecule has 13 aromatic rings. The van der Waals surface area contributed by atoms with Crippen LogP contribution in [0.3, 0.4) is 0 Å². The highest BCUT2D eigenvalue weighted by molar-refractivity contribution is 6.09. The van der Waals surface area contributed by atoms with Crippen molar-refractivity contribution in [3.8, 4) is 0 Å². The van der Waals surface area contributed by atoms with E-state index in [4.69, 9.17) is 0 Å². The van der Waals surface area contributed by atoms with Gasteiger partial charge in [-0.05, 0) is 129 Å². The lowest BCUT2D eigenvalue weighted by Crippen LogP contribution is -2.31. The molecule has 81 heavy (non-hydrogen) atoms. The van der Waals surface area contributed by atoms with E-state index in [1.807, 2.05) is 0 Å². The zero-order chi connectivity index (χ0) is 54.4. The number of aromatic nitrogens is 1. The van der Waals surface area contributed by atoms with E-state index in [0.29, 0.717) is 5.92 Å². The van der Waals surface area contributed by atoms with Crippen molar-refractivity contribution in [2.75, 3.05) is 4.90 Å². The highest BCUT2D eigenvalue weighted by atomic mass is 15.1. The van der Waals surface area contributed by atoms with Gasteiger partial charge in [0.2, 0.25) is 0 Å². The van der Waals surface area contributed by atoms with Crippen LogP contribution in [0.4, 0.5) is 17.1 Å². The highest BCUT2D eigenvalue weighted by Crippen LogP contribution is 2.48. The summed E-state index contributed by atoms with van der Waals surface area (Å²) in [6.07, 6.45) is 2.95. The molecule has 0 saturated carbocycles. The maximum absolute atomic E-state index is 2.44. The van der Waals surface area contributed by atoms with Crippen molar-refractivity contribution in [2.45, 2.75) is 36.0 Å². The molecule has 0 radical (unpaired) electrons. The summed E-state index contributed by atoms with van der Waals surface area (Å²) in [6, 6.07) is 121. The minimum Gasteiger partial charge on any atom is -0.344 e. The molecule has 12 aromatic carbocycles. The molecule has 1 heterocycles. The first-order chi connectivity index (χ1) is 40.1. The molecule has 0 aliphatic rings. The predicted molar refractivity (Wildman–Crippen MR) is 339 cm³/mol. The first-order valence-corrected chi connectivity index (χ1v) is 28.5. The van der Waals surface area contributed by atoms with Gasteiger partial charge in [0, 0.05) is 40.4 Å². The minimum atomic E-state index is -0.529. The van der Waals surface area contributed by atoms with Crippen molar-refractivity contribution in [1.82, 2.24) is 4.57 Å². The Morgan fingerprint density at radius 2 is 0.630 bits per heavy atom. The fraction of sp³-hybridized carbons (Fsp3) is 0.0886. The number of anilines is 3. The normalized spacial score (nSPS) is 12.1. The molecule has 2 nitrogen and oxygen atoms in total. The zero-order valence-corrected chi connectivity index (χ0v) is 45.8. The SMILES string of the molecule is Cn1c2cc(CCC(Cc3ccc(C(c4ccccc4)(c4ccccc4)c4ccccc4)cc3)c3ccccc3)ccc2c2ccc(N(c3ccccc3)c3ccc(C(c4ccccc4)(c4ccccc4)c4ccccc4)cc3)cc21. The molecule has 390 valence electrons. The first kappa shape index (κ1) is 50.7. The second-order valence-corrected chi connectivity index (χ2v) is 21.6. The third-order valence-electron chi connectivity index (χ3n) is 17.0. The molecule has 0 spiro atoms. The number of nitrogens with zero attached hydrogens (tertiary/aromatic N) is 2. The molecule has 0 saturated heterocycles. The molecule has 1 atom stereocenters. The molecule has 2 heteroatoms. The molecule has 0 amide bonds. The van der Waals surface area contributed by atoms with Gasteiger partial charge in [-0.15, -0.1) is 0 Å². The van der Waals surface area contributed by atoms with Crippen LogP contribution >= 0.6 is 0 Å². The average molecular weight is 1040 g/mol. The van der Waals surface area contributed by atoms with Crippen LogP contribution < -0.4 is 4.90 Å². The molecular formula is C79H64N2. The second-order valence-electron chi connectivity index (χ2n) is 21.6. The monoisotopic (exact) mass is 1040 g/mol.